The minimum Gasteiger partial charge on any atom is -0.472 e. The summed E-state index contributed by atoms with van der Waals surface area (Å²) in [6.45, 7) is 2.51. The molecule has 0 aliphatic carbocycles. The molecule has 0 spiro atoms. The molecule has 1 aliphatic rings. The molecule has 0 bridgehead atoms. The summed E-state index contributed by atoms with van der Waals surface area (Å²) < 4.78 is 45.9. The van der Waals surface area contributed by atoms with Crippen LogP contribution in [-0.2, 0) is 10.0 Å². The molecule has 1 aromatic heterocycles. The number of nitrogens with one attached hydrogen (secondary N) is 1. The minimum atomic E-state index is -3.80. The highest BCUT2D eigenvalue weighted by molar-refractivity contribution is 7.89. The van der Waals surface area contributed by atoms with E-state index in [2.05, 4.69) is 4.72 Å². The number of rotatable bonds is 4. The van der Waals surface area contributed by atoms with E-state index in [0.717, 1.165) is 6.07 Å². The van der Waals surface area contributed by atoms with Crippen molar-refractivity contribution in [2.45, 2.75) is 30.7 Å². The van der Waals surface area contributed by atoms with Crippen LogP contribution in [0.25, 0.3) is 0 Å². The number of piperidine rings is 1. The topological polar surface area (TPSA) is 79.6 Å². The van der Waals surface area contributed by atoms with E-state index in [4.69, 9.17) is 4.42 Å². The van der Waals surface area contributed by atoms with E-state index >= 15 is 0 Å². The van der Waals surface area contributed by atoms with Gasteiger partial charge in [0.05, 0.1) is 16.7 Å². The zero-order valence-electron chi connectivity index (χ0n) is 13.7. The van der Waals surface area contributed by atoms with E-state index in [1.807, 2.05) is 0 Å². The van der Waals surface area contributed by atoms with Crippen molar-refractivity contribution in [2.24, 2.45) is 0 Å². The van der Waals surface area contributed by atoms with Crippen LogP contribution in [-0.4, -0.2) is 38.4 Å². The van der Waals surface area contributed by atoms with Gasteiger partial charge in [0.2, 0.25) is 10.0 Å². The van der Waals surface area contributed by atoms with E-state index in [1.165, 1.54) is 24.7 Å². The predicted octanol–water partition coefficient (Wildman–Crippen LogP) is 2.31. The number of furan rings is 1. The normalized spacial score (nSPS) is 16.2. The van der Waals surface area contributed by atoms with Gasteiger partial charge in [-0.2, -0.15) is 0 Å². The van der Waals surface area contributed by atoms with Crippen molar-refractivity contribution in [2.75, 3.05) is 13.1 Å². The summed E-state index contributed by atoms with van der Waals surface area (Å²) in [5.41, 5.74) is 0.968. The number of amides is 1. The van der Waals surface area contributed by atoms with Gasteiger partial charge in [0, 0.05) is 19.1 Å². The fourth-order valence-corrected chi connectivity index (χ4v) is 4.48. The van der Waals surface area contributed by atoms with Crippen molar-refractivity contribution in [3.8, 4) is 0 Å². The van der Waals surface area contributed by atoms with Gasteiger partial charge < -0.3 is 9.32 Å². The van der Waals surface area contributed by atoms with Gasteiger partial charge >= 0.3 is 0 Å². The molecule has 1 amide bonds. The van der Waals surface area contributed by atoms with Gasteiger partial charge in [-0.25, -0.2) is 17.5 Å². The number of halogens is 1. The molecule has 134 valence electrons. The number of nitrogens with zero attached hydrogens (tertiary/aromatic N) is 1. The number of aryl methyl sites for hydroxylation is 1. The first-order valence-corrected chi connectivity index (χ1v) is 9.45. The molecular formula is C17H19FN2O4S. The highest BCUT2D eigenvalue weighted by atomic mass is 32.2. The Labute approximate surface area is 145 Å². The molecule has 2 aromatic rings. The zero-order chi connectivity index (χ0) is 18.0. The quantitative estimate of drug-likeness (QED) is 0.901. The Morgan fingerprint density at radius 3 is 2.64 bits per heavy atom. The summed E-state index contributed by atoms with van der Waals surface area (Å²) in [5.74, 6) is -0.720. The molecular weight excluding hydrogens is 347 g/mol. The van der Waals surface area contributed by atoms with Crippen LogP contribution < -0.4 is 4.72 Å². The summed E-state index contributed by atoms with van der Waals surface area (Å²) in [6, 6.07) is 5.00. The molecule has 1 aromatic carbocycles. The zero-order valence-corrected chi connectivity index (χ0v) is 14.6. The molecule has 6 nitrogen and oxygen atoms in total. The lowest BCUT2D eigenvalue weighted by Gasteiger charge is -2.32. The molecule has 0 radical (unpaired) electrons. The molecule has 1 saturated heterocycles. The maximum Gasteiger partial charge on any atom is 0.257 e. The fraction of sp³-hybridized carbons (Fsp3) is 0.353. The van der Waals surface area contributed by atoms with Crippen LogP contribution >= 0.6 is 0 Å². The lowest BCUT2D eigenvalue weighted by atomic mass is 10.1. The Kier molecular flexibility index (Phi) is 4.91. The standard InChI is InChI=1S/C17H19FN2O4S/c1-12-2-3-14(18)10-16(12)25(22,23)19-15-4-7-20(8-5-15)17(21)13-6-9-24-11-13/h2-3,6,9-11,15,19H,4-5,7-8H2,1H3. The number of likely N-dealkylation sites (tertiary alicyclic amines) is 1. The van der Waals surface area contributed by atoms with Crippen molar-refractivity contribution in [3.63, 3.8) is 0 Å². The summed E-state index contributed by atoms with van der Waals surface area (Å²) in [4.78, 5) is 13.9. The first kappa shape index (κ1) is 17.6. The van der Waals surface area contributed by atoms with E-state index in [-0.39, 0.29) is 16.8 Å². The second-order valence-corrected chi connectivity index (χ2v) is 7.79. The van der Waals surface area contributed by atoms with Gasteiger partial charge in [-0.3, -0.25) is 4.79 Å². The van der Waals surface area contributed by atoms with Crippen molar-refractivity contribution in [3.05, 3.63) is 53.7 Å². The second kappa shape index (κ2) is 6.97. The third-order valence-electron chi connectivity index (χ3n) is 4.31. The predicted molar refractivity (Wildman–Crippen MR) is 89.1 cm³/mol. The van der Waals surface area contributed by atoms with Crippen LogP contribution in [0.3, 0.4) is 0 Å². The van der Waals surface area contributed by atoms with Crippen LogP contribution in [0.15, 0.2) is 46.1 Å². The molecule has 25 heavy (non-hydrogen) atoms. The van der Waals surface area contributed by atoms with Crippen molar-refractivity contribution in [1.29, 1.82) is 0 Å². The van der Waals surface area contributed by atoms with Crippen molar-refractivity contribution < 1.29 is 22.0 Å². The summed E-state index contributed by atoms with van der Waals surface area (Å²) in [7, 11) is -3.80. The number of benzene rings is 1. The number of hydrogen-bond acceptors (Lipinski definition) is 4. The van der Waals surface area contributed by atoms with Gasteiger partial charge in [0.15, 0.2) is 0 Å². The molecule has 0 saturated carbocycles. The minimum absolute atomic E-state index is 0.0515. The lowest BCUT2D eigenvalue weighted by Crippen LogP contribution is -2.46. The van der Waals surface area contributed by atoms with Crippen LogP contribution in [0.1, 0.15) is 28.8 Å². The summed E-state index contributed by atoms with van der Waals surface area (Å²) in [6.07, 6.45) is 3.83. The summed E-state index contributed by atoms with van der Waals surface area (Å²) in [5, 5.41) is 0. The van der Waals surface area contributed by atoms with Crippen molar-refractivity contribution in [1.82, 2.24) is 9.62 Å². The van der Waals surface area contributed by atoms with E-state index in [9.17, 15) is 17.6 Å². The fourth-order valence-electron chi connectivity index (χ4n) is 2.92. The number of hydrogen-bond donors (Lipinski definition) is 1. The molecule has 1 aliphatic heterocycles. The Balaban J connectivity index is 1.64. The number of carbonyl (C=O) groups excluding carboxylic acids is 1. The molecule has 8 heteroatoms. The average molecular weight is 366 g/mol. The average Bonchev–Trinajstić information content (AvgIpc) is 3.11. The van der Waals surface area contributed by atoms with Crippen LogP contribution in [0.2, 0.25) is 0 Å². The van der Waals surface area contributed by atoms with E-state index < -0.39 is 15.8 Å². The second-order valence-electron chi connectivity index (χ2n) is 6.11. The molecule has 2 heterocycles. The highest BCUT2D eigenvalue weighted by Gasteiger charge is 2.28. The first-order valence-electron chi connectivity index (χ1n) is 7.97. The molecule has 0 unspecified atom stereocenters. The monoisotopic (exact) mass is 366 g/mol. The van der Waals surface area contributed by atoms with Crippen LogP contribution in [0.4, 0.5) is 4.39 Å². The number of sulfonamides is 1. The number of carbonyl (C=O) groups is 1. The van der Waals surface area contributed by atoms with Gasteiger partial charge in [-0.1, -0.05) is 6.07 Å². The van der Waals surface area contributed by atoms with Crippen LogP contribution in [0.5, 0.6) is 0 Å². The Bertz CT molecular complexity index is 857. The smallest absolute Gasteiger partial charge is 0.257 e. The highest BCUT2D eigenvalue weighted by Crippen LogP contribution is 2.20. The van der Waals surface area contributed by atoms with Gasteiger partial charge in [0.25, 0.3) is 5.91 Å². The Hall–Kier alpha value is -2.19. The van der Waals surface area contributed by atoms with Crippen molar-refractivity contribution >= 4 is 15.9 Å². The van der Waals surface area contributed by atoms with Crippen LogP contribution in [0, 0.1) is 12.7 Å². The maximum atomic E-state index is 13.4. The Morgan fingerprint density at radius 1 is 1.28 bits per heavy atom. The van der Waals surface area contributed by atoms with Gasteiger partial charge in [-0.15, -0.1) is 0 Å². The third kappa shape index (κ3) is 3.91. The van der Waals surface area contributed by atoms with Gasteiger partial charge in [0.1, 0.15) is 12.1 Å². The molecule has 0 atom stereocenters. The molecule has 1 N–H and O–H groups in total. The SMILES string of the molecule is Cc1ccc(F)cc1S(=O)(=O)NC1CCN(C(=O)c2ccoc2)CC1. The summed E-state index contributed by atoms with van der Waals surface area (Å²) >= 11 is 0. The Morgan fingerprint density at radius 2 is 2.00 bits per heavy atom. The molecule has 3 rings (SSSR count). The third-order valence-corrected chi connectivity index (χ3v) is 5.97. The molecule has 1 fully saturated rings. The van der Waals surface area contributed by atoms with E-state index in [1.54, 1.807) is 17.9 Å². The van der Waals surface area contributed by atoms with Gasteiger partial charge in [-0.05, 0) is 43.5 Å². The lowest BCUT2D eigenvalue weighted by molar-refractivity contribution is 0.0710. The van der Waals surface area contributed by atoms with E-state index in [0.29, 0.717) is 37.1 Å². The maximum absolute atomic E-state index is 13.4. The largest absolute Gasteiger partial charge is 0.472 e. The first-order chi connectivity index (χ1) is 11.9.